The third-order valence-electron chi connectivity index (χ3n) is 3.36. The minimum Gasteiger partial charge on any atom is -0.376 e. The molecule has 3 rings (SSSR count). The Balaban J connectivity index is 1.53. The van der Waals surface area contributed by atoms with Gasteiger partial charge in [0.15, 0.2) is 0 Å². The Kier molecular flexibility index (Phi) is 2.84. The van der Waals surface area contributed by atoms with Gasteiger partial charge in [-0.1, -0.05) is 0 Å². The van der Waals surface area contributed by atoms with Gasteiger partial charge >= 0.3 is 0 Å². The minimum atomic E-state index is -0.108. The summed E-state index contributed by atoms with van der Waals surface area (Å²) in [5.74, 6) is 0.492. The number of carbonyl (C=O) groups is 1. The fraction of sp³-hybridized carbons (Fsp3) is 0.667. The van der Waals surface area contributed by atoms with Gasteiger partial charge in [-0.05, 0) is 31.7 Å². The summed E-state index contributed by atoms with van der Waals surface area (Å²) in [7, 11) is 0. The van der Waals surface area contributed by atoms with Gasteiger partial charge in [-0.3, -0.25) is 9.89 Å². The zero-order chi connectivity index (χ0) is 11.7. The molecule has 2 aliphatic rings. The molecule has 17 heavy (non-hydrogen) atoms. The summed E-state index contributed by atoms with van der Waals surface area (Å²) in [4.78, 5) is 11.8. The van der Waals surface area contributed by atoms with E-state index in [4.69, 9.17) is 4.74 Å². The molecule has 2 fully saturated rings. The predicted molar refractivity (Wildman–Crippen MR) is 61.9 cm³/mol. The van der Waals surface area contributed by atoms with Crippen molar-refractivity contribution in [2.45, 2.75) is 37.7 Å². The fourth-order valence-electron chi connectivity index (χ4n) is 2.16. The second-order valence-electron chi connectivity index (χ2n) is 4.83. The number of nitrogens with zero attached hydrogens (tertiary/aromatic N) is 1. The number of ether oxygens (including phenoxy) is 1. The first-order valence-electron chi connectivity index (χ1n) is 6.28. The molecule has 0 unspecified atom stereocenters. The highest BCUT2D eigenvalue weighted by molar-refractivity contribution is 5.92. The van der Waals surface area contributed by atoms with Crippen LogP contribution in [-0.4, -0.2) is 35.4 Å². The Morgan fingerprint density at radius 1 is 1.53 bits per heavy atom. The molecule has 1 saturated heterocycles. The van der Waals surface area contributed by atoms with Gasteiger partial charge in [-0.15, -0.1) is 0 Å². The Bertz CT molecular complexity index is 406. The van der Waals surface area contributed by atoms with Crippen LogP contribution in [0, 0.1) is 0 Å². The van der Waals surface area contributed by atoms with E-state index in [2.05, 4.69) is 15.5 Å². The zero-order valence-corrected chi connectivity index (χ0v) is 9.74. The maximum absolute atomic E-state index is 11.8. The number of nitrogens with one attached hydrogen (secondary N) is 2. The molecule has 1 amide bonds. The summed E-state index contributed by atoms with van der Waals surface area (Å²) in [5.41, 5.74) is 1.58. The lowest BCUT2D eigenvalue weighted by Gasteiger charge is -2.09. The van der Waals surface area contributed by atoms with Crippen molar-refractivity contribution < 1.29 is 9.53 Å². The van der Waals surface area contributed by atoms with E-state index in [1.54, 1.807) is 0 Å². The Morgan fingerprint density at radius 2 is 2.41 bits per heavy atom. The number of hydrogen-bond acceptors (Lipinski definition) is 3. The summed E-state index contributed by atoms with van der Waals surface area (Å²) >= 11 is 0. The minimum absolute atomic E-state index is 0.108. The van der Waals surface area contributed by atoms with E-state index in [0.29, 0.717) is 18.2 Å². The van der Waals surface area contributed by atoms with Crippen molar-refractivity contribution in [3.63, 3.8) is 0 Å². The van der Waals surface area contributed by atoms with Crippen LogP contribution >= 0.6 is 0 Å². The van der Waals surface area contributed by atoms with Crippen molar-refractivity contribution in [1.82, 2.24) is 15.5 Å². The fourth-order valence-corrected chi connectivity index (χ4v) is 2.16. The zero-order valence-electron chi connectivity index (χ0n) is 9.74. The molecular weight excluding hydrogens is 218 g/mol. The highest BCUT2D eigenvalue weighted by Crippen LogP contribution is 2.38. The van der Waals surface area contributed by atoms with Crippen LogP contribution in [0.3, 0.4) is 0 Å². The molecule has 2 heterocycles. The highest BCUT2D eigenvalue weighted by atomic mass is 16.5. The van der Waals surface area contributed by atoms with E-state index in [0.717, 1.165) is 25.1 Å². The van der Waals surface area contributed by atoms with E-state index in [1.165, 1.54) is 12.8 Å². The number of H-pyrrole nitrogens is 1. The van der Waals surface area contributed by atoms with Gasteiger partial charge in [0.1, 0.15) is 5.69 Å². The summed E-state index contributed by atoms with van der Waals surface area (Å²) in [6, 6.07) is 1.86. The van der Waals surface area contributed by atoms with Crippen molar-refractivity contribution in [3.8, 4) is 0 Å². The second-order valence-corrected chi connectivity index (χ2v) is 4.83. The molecule has 92 valence electrons. The molecule has 0 spiro atoms. The molecule has 1 saturated carbocycles. The first kappa shape index (κ1) is 10.8. The second kappa shape index (κ2) is 4.49. The third-order valence-corrected chi connectivity index (χ3v) is 3.36. The summed E-state index contributed by atoms with van der Waals surface area (Å²) < 4.78 is 5.45. The normalized spacial score (nSPS) is 23.9. The summed E-state index contributed by atoms with van der Waals surface area (Å²) in [6.45, 7) is 1.40. The average molecular weight is 235 g/mol. The number of rotatable bonds is 4. The summed E-state index contributed by atoms with van der Waals surface area (Å²) in [5, 5.41) is 9.85. The van der Waals surface area contributed by atoms with Crippen molar-refractivity contribution in [3.05, 3.63) is 17.5 Å². The van der Waals surface area contributed by atoms with Gasteiger partial charge in [0.05, 0.1) is 6.10 Å². The van der Waals surface area contributed by atoms with Gasteiger partial charge in [0, 0.05) is 24.8 Å². The highest BCUT2D eigenvalue weighted by Gasteiger charge is 2.26. The molecule has 1 aromatic heterocycles. The predicted octanol–water partition coefficient (Wildman–Crippen LogP) is 1.20. The van der Waals surface area contributed by atoms with Crippen molar-refractivity contribution in [2.24, 2.45) is 0 Å². The van der Waals surface area contributed by atoms with Crippen LogP contribution in [0.15, 0.2) is 6.07 Å². The standard InChI is InChI=1S/C12H17N3O2/c16-12(13-7-9-2-1-5-17-9)11-6-10(14-15-11)8-3-4-8/h6,8-9H,1-5,7H2,(H,13,16)(H,14,15)/t9-/m1/s1. The SMILES string of the molecule is O=C(NC[C@H]1CCCO1)c1cc(C2CC2)[nH]n1. The van der Waals surface area contributed by atoms with Gasteiger partial charge in [-0.25, -0.2) is 0 Å². The lowest BCUT2D eigenvalue weighted by Crippen LogP contribution is -2.31. The van der Waals surface area contributed by atoms with Crippen LogP contribution in [0.2, 0.25) is 0 Å². The van der Waals surface area contributed by atoms with E-state index in [1.807, 2.05) is 6.07 Å². The lowest BCUT2D eigenvalue weighted by atomic mass is 10.2. The van der Waals surface area contributed by atoms with Crippen LogP contribution < -0.4 is 5.32 Å². The first-order valence-corrected chi connectivity index (χ1v) is 6.28. The lowest BCUT2D eigenvalue weighted by molar-refractivity contribution is 0.0853. The van der Waals surface area contributed by atoms with Gasteiger partial charge in [0.25, 0.3) is 5.91 Å². The number of hydrogen-bond donors (Lipinski definition) is 2. The van der Waals surface area contributed by atoms with Crippen molar-refractivity contribution in [1.29, 1.82) is 0 Å². The van der Waals surface area contributed by atoms with E-state index in [9.17, 15) is 4.79 Å². The molecule has 0 radical (unpaired) electrons. The van der Waals surface area contributed by atoms with Crippen LogP contribution in [0.1, 0.15) is 47.8 Å². The molecule has 1 aromatic rings. The Hall–Kier alpha value is -1.36. The first-order chi connectivity index (χ1) is 8.33. The van der Waals surface area contributed by atoms with Gasteiger partial charge < -0.3 is 10.1 Å². The average Bonchev–Trinajstić information content (AvgIpc) is 2.88. The monoisotopic (exact) mass is 235 g/mol. The number of amides is 1. The van der Waals surface area contributed by atoms with Crippen molar-refractivity contribution >= 4 is 5.91 Å². The molecule has 1 aliphatic carbocycles. The number of aromatic amines is 1. The molecule has 1 aliphatic heterocycles. The Morgan fingerprint density at radius 3 is 3.12 bits per heavy atom. The van der Waals surface area contributed by atoms with Crippen LogP contribution in [0.4, 0.5) is 0 Å². The molecule has 0 bridgehead atoms. The molecular formula is C12H17N3O2. The third kappa shape index (κ3) is 2.49. The number of carbonyl (C=O) groups excluding carboxylic acids is 1. The largest absolute Gasteiger partial charge is 0.376 e. The molecule has 5 heteroatoms. The quantitative estimate of drug-likeness (QED) is 0.824. The van der Waals surface area contributed by atoms with Gasteiger partial charge in [-0.2, -0.15) is 5.10 Å². The van der Waals surface area contributed by atoms with E-state index >= 15 is 0 Å². The van der Waals surface area contributed by atoms with E-state index in [-0.39, 0.29) is 12.0 Å². The summed E-state index contributed by atoms with van der Waals surface area (Å²) in [6.07, 6.45) is 4.72. The molecule has 5 nitrogen and oxygen atoms in total. The topological polar surface area (TPSA) is 67.0 Å². The van der Waals surface area contributed by atoms with Crippen LogP contribution in [0.5, 0.6) is 0 Å². The maximum atomic E-state index is 11.8. The molecule has 2 N–H and O–H groups in total. The van der Waals surface area contributed by atoms with Crippen LogP contribution in [-0.2, 0) is 4.74 Å². The Labute approximate surface area is 99.9 Å². The molecule has 1 atom stereocenters. The van der Waals surface area contributed by atoms with E-state index < -0.39 is 0 Å². The van der Waals surface area contributed by atoms with Gasteiger partial charge in [0.2, 0.25) is 0 Å². The van der Waals surface area contributed by atoms with Crippen molar-refractivity contribution in [2.75, 3.05) is 13.2 Å². The number of aromatic nitrogens is 2. The smallest absolute Gasteiger partial charge is 0.271 e. The molecule has 0 aromatic carbocycles. The maximum Gasteiger partial charge on any atom is 0.271 e. The van der Waals surface area contributed by atoms with Crippen LogP contribution in [0.25, 0.3) is 0 Å².